The third kappa shape index (κ3) is 3.66. The zero-order valence-corrected chi connectivity index (χ0v) is 14.9. The van der Waals surface area contributed by atoms with Gasteiger partial charge in [-0.15, -0.1) is 11.3 Å². The lowest BCUT2D eigenvalue weighted by Crippen LogP contribution is -2.46. The highest BCUT2D eigenvalue weighted by Crippen LogP contribution is 2.13. The largest absolute Gasteiger partial charge is 0.341 e. The quantitative estimate of drug-likeness (QED) is 0.775. The Balaban J connectivity index is 1.26. The molecule has 0 unspecified atom stereocenters. The first-order chi connectivity index (χ1) is 11.8. The van der Waals surface area contributed by atoms with Crippen molar-refractivity contribution in [2.75, 3.05) is 32.7 Å². The monoisotopic (exact) mass is 341 g/mol. The van der Waals surface area contributed by atoms with Crippen molar-refractivity contribution in [3.05, 3.63) is 46.2 Å². The first-order valence-electron chi connectivity index (χ1n) is 8.55. The number of thiazole rings is 1. The Morgan fingerprint density at radius 1 is 1.08 bits per heavy atom. The van der Waals surface area contributed by atoms with Crippen molar-refractivity contribution < 1.29 is 0 Å². The molecule has 1 aliphatic heterocycles. The van der Waals surface area contributed by atoms with Crippen LogP contribution in [0.3, 0.4) is 0 Å². The Hall–Kier alpha value is -1.76. The fourth-order valence-electron chi connectivity index (χ4n) is 3.26. The minimum absolute atomic E-state index is 0.911. The third-order valence-corrected chi connectivity index (χ3v) is 5.45. The molecule has 5 nitrogen and oxygen atoms in total. The number of imidazole rings is 1. The highest BCUT2D eigenvalue weighted by molar-refractivity contribution is 7.09. The van der Waals surface area contributed by atoms with Crippen LogP contribution in [-0.4, -0.2) is 57.5 Å². The summed E-state index contributed by atoms with van der Waals surface area (Å²) in [6, 6.07) is 8.24. The molecule has 1 N–H and O–H groups in total. The molecule has 0 bridgehead atoms. The van der Waals surface area contributed by atoms with E-state index in [1.54, 1.807) is 11.3 Å². The van der Waals surface area contributed by atoms with Crippen LogP contribution < -0.4 is 0 Å². The van der Waals surface area contributed by atoms with E-state index in [1.165, 1.54) is 10.7 Å². The molecule has 24 heavy (non-hydrogen) atoms. The van der Waals surface area contributed by atoms with Crippen molar-refractivity contribution in [2.24, 2.45) is 0 Å². The summed E-state index contributed by atoms with van der Waals surface area (Å²) in [5, 5.41) is 3.35. The normalized spacial score (nSPS) is 16.9. The minimum Gasteiger partial charge on any atom is -0.341 e. The van der Waals surface area contributed by atoms with Crippen LogP contribution >= 0.6 is 11.3 Å². The number of hydrogen-bond donors (Lipinski definition) is 1. The number of aryl methyl sites for hydroxylation is 1. The third-order valence-electron chi connectivity index (χ3n) is 4.63. The van der Waals surface area contributed by atoms with Gasteiger partial charge in [0.05, 0.1) is 28.3 Å². The Bertz CT molecular complexity index is 767. The second-order valence-corrected chi connectivity index (χ2v) is 7.49. The van der Waals surface area contributed by atoms with Gasteiger partial charge in [0, 0.05) is 44.5 Å². The van der Waals surface area contributed by atoms with E-state index in [2.05, 4.69) is 49.2 Å². The summed E-state index contributed by atoms with van der Waals surface area (Å²) in [6.45, 7) is 8.56. The maximum absolute atomic E-state index is 4.69. The molecule has 0 saturated carbocycles. The molecule has 2 aromatic heterocycles. The Kier molecular flexibility index (Phi) is 4.60. The predicted molar refractivity (Wildman–Crippen MR) is 98.4 cm³/mol. The zero-order valence-electron chi connectivity index (χ0n) is 14.0. The Morgan fingerprint density at radius 3 is 2.62 bits per heavy atom. The zero-order chi connectivity index (χ0) is 16.4. The average molecular weight is 341 g/mol. The number of nitrogens with one attached hydrogen (secondary N) is 1. The van der Waals surface area contributed by atoms with Crippen molar-refractivity contribution in [1.82, 2.24) is 24.8 Å². The van der Waals surface area contributed by atoms with E-state index in [9.17, 15) is 0 Å². The van der Waals surface area contributed by atoms with E-state index >= 15 is 0 Å². The fraction of sp³-hybridized carbons (Fsp3) is 0.444. The van der Waals surface area contributed by atoms with Gasteiger partial charge in [-0.1, -0.05) is 12.1 Å². The summed E-state index contributed by atoms with van der Waals surface area (Å²) in [4.78, 5) is 17.7. The number of aromatic nitrogens is 3. The summed E-state index contributed by atoms with van der Waals surface area (Å²) < 4.78 is 0. The van der Waals surface area contributed by atoms with Gasteiger partial charge in [-0.2, -0.15) is 0 Å². The van der Waals surface area contributed by atoms with E-state index in [-0.39, 0.29) is 0 Å². The summed E-state index contributed by atoms with van der Waals surface area (Å²) in [5.41, 5.74) is 3.43. The number of nitrogens with zero attached hydrogens (tertiary/aromatic N) is 4. The molecule has 0 spiro atoms. The highest BCUT2D eigenvalue weighted by Gasteiger charge is 2.18. The number of H-pyrrole nitrogens is 1. The smallest absolute Gasteiger partial charge is 0.121 e. The molecule has 1 aliphatic rings. The van der Waals surface area contributed by atoms with Gasteiger partial charge in [0.2, 0.25) is 0 Å². The summed E-state index contributed by atoms with van der Waals surface area (Å²) >= 11 is 1.75. The second-order valence-electron chi connectivity index (χ2n) is 6.43. The maximum atomic E-state index is 4.69. The van der Waals surface area contributed by atoms with Gasteiger partial charge in [0.15, 0.2) is 0 Å². The van der Waals surface area contributed by atoms with Gasteiger partial charge in [0.1, 0.15) is 5.82 Å². The molecule has 0 aliphatic carbocycles. The molecule has 3 heterocycles. The molecule has 0 radical (unpaired) electrons. The van der Waals surface area contributed by atoms with Gasteiger partial charge in [0.25, 0.3) is 0 Å². The van der Waals surface area contributed by atoms with Gasteiger partial charge >= 0.3 is 0 Å². The lowest BCUT2D eigenvalue weighted by Gasteiger charge is -2.34. The number of hydrogen-bond acceptors (Lipinski definition) is 5. The lowest BCUT2D eigenvalue weighted by molar-refractivity contribution is 0.126. The molecule has 3 aromatic rings. The Labute approximate surface area is 146 Å². The first-order valence-corrected chi connectivity index (χ1v) is 9.43. The lowest BCUT2D eigenvalue weighted by atomic mass is 10.2. The maximum Gasteiger partial charge on any atom is 0.121 e. The fourth-order valence-corrected chi connectivity index (χ4v) is 3.91. The van der Waals surface area contributed by atoms with Gasteiger partial charge in [-0.25, -0.2) is 9.97 Å². The first kappa shape index (κ1) is 15.7. The number of rotatable bonds is 5. The molecule has 1 aromatic carbocycles. The second kappa shape index (κ2) is 7.01. The summed E-state index contributed by atoms with van der Waals surface area (Å²) in [6.07, 6.45) is 1.06. The van der Waals surface area contributed by atoms with Crippen LogP contribution in [-0.2, 0) is 13.0 Å². The van der Waals surface area contributed by atoms with E-state index < -0.39 is 0 Å². The van der Waals surface area contributed by atoms with Crippen LogP contribution in [0.15, 0.2) is 29.6 Å². The molecule has 4 rings (SSSR count). The average Bonchev–Trinajstić information content (AvgIpc) is 3.19. The van der Waals surface area contributed by atoms with E-state index in [0.29, 0.717) is 0 Å². The topological polar surface area (TPSA) is 48.1 Å². The van der Waals surface area contributed by atoms with E-state index in [4.69, 9.17) is 0 Å². The van der Waals surface area contributed by atoms with Crippen LogP contribution in [0, 0.1) is 6.92 Å². The highest BCUT2D eigenvalue weighted by atomic mass is 32.1. The minimum atomic E-state index is 0.911. The van der Waals surface area contributed by atoms with Gasteiger partial charge in [-0.3, -0.25) is 4.90 Å². The number of piperazine rings is 1. The van der Waals surface area contributed by atoms with Gasteiger partial charge in [-0.05, 0) is 19.1 Å². The molecule has 0 atom stereocenters. The van der Waals surface area contributed by atoms with Crippen molar-refractivity contribution in [1.29, 1.82) is 0 Å². The molecule has 1 saturated heterocycles. The van der Waals surface area contributed by atoms with Crippen molar-refractivity contribution >= 4 is 22.4 Å². The van der Waals surface area contributed by atoms with Crippen LogP contribution in [0.5, 0.6) is 0 Å². The number of fused-ring (bicyclic) bond motifs is 1. The Morgan fingerprint density at radius 2 is 1.88 bits per heavy atom. The molecule has 1 fully saturated rings. The number of aromatic amines is 1. The van der Waals surface area contributed by atoms with Crippen molar-refractivity contribution in [3.8, 4) is 0 Å². The SMILES string of the molecule is Cc1nc(CCN2CCN(Cc3nc4ccccc4[nH]3)CC2)cs1. The predicted octanol–water partition coefficient (Wildman–Crippen LogP) is 2.69. The van der Waals surface area contributed by atoms with Crippen LogP contribution in [0.25, 0.3) is 11.0 Å². The molecular formula is C18H23N5S. The number of benzene rings is 1. The molecular weight excluding hydrogens is 318 g/mol. The van der Waals surface area contributed by atoms with Gasteiger partial charge < -0.3 is 9.88 Å². The standard InChI is InChI=1S/C18H23N5S/c1-14-19-15(13-24-14)6-7-22-8-10-23(11-9-22)12-18-20-16-4-2-3-5-17(16)21-18/h2-5,13H,6-12H2,1H3,(H,20,21). The molecule has 0 amide bonds. The molecule has 126 valence electrons. The van der Waals surface area contributed by atoms with E-state index in [0.717, 1.165) is 62.5 Å². The summed E-state index contributed by atoms with van der Waals surface area (Å²) in [7, 11) is 0. The van der Waals surface area contributed by atoms with Crippen molar-refractivity contribution in [2.45, 2.75) is 19.9 Å². The van der Waals surface area contributed by atoms with Crippen LogP contribution in [0.4, 0.5) is 0 Å². The van der Waals surface area contributed by atoms with Crippen molar-refractivity contribution in [3.63, 3.8) is 0 Å². The van der Waals surface area contributed by atoms with Crippen LogP contribution in [0.2, 0.25) is 0 Å². The van der Waals surface area contributed by atoms with Crippen LogP contribution in [0.1, 0.15) is 16.5 Å². The number of para-hydroxylation sites is 2. The van der Waals surface area contributed by atoms with E-state index in [1.807, 2.05) is 12.1 Å². The molecule has 6 heteroatoms. The summed E-state index contributed by atoms with van der Waals surface area (Å²) in [5.74, 6) is 1.07.